The van der Waals surface area contributed by atoms with Gasteiger partial charge in [0.15, 0.2) is 6.10 Å². The summed E-state index contributed by atoms with van der Waals surface area (Å²) < 4.78 is 5.42. The van der Waals surface area contributed by atoms with Crippen molar-refractivity contribution in [3.63, 3.8) is 0 Å². The molecule has 6 heteroatoms. The molecule has 0 bridgehead atoms. The van der Waals surface area contributed by atoms with Crippen LogP contribution in [-0.2, 0) is 19.1 Å². The SMILES string of the molecule is C[C@H](OC(=O)[C@H]1CC(=O)N([C@@H](C)c2ccccc2)C1)C(=O)NC1CCCCCC1. The monoisotopic (exact) mass is 400 g/mol. The van der Waals surface area contributed by atoms with E-state index >= 15 is 0 Å². The van der Waals surface area contributed by atoms with Gasteiger partial charge in [0.25, 0.3) is 5.91 Å². The smallest absolute Gasteiger partial charge is 0.312 e. The van der Waals surface area contributed by atoms with Crippen molar-refractivity contribution in [1.29, 1.82) is 0 Å². The molecule has 2 fully saturated rings. The van der Waals surface area contributed by atoms with E-state index in [1.54, 1.807) is 11.8 Å². The van der Waals surface area contributed by atoms with Crippen LogP contribution in [0.5, 0.6) is 0 Å². The van der Waals surface area contributed by atoms with Crippen LogP contribution in [0.15, 0.2) is 30.3 Å². The molecule has 0 unspecified atom stereocenters. The van der Waals surface area contributed by atoms with Crippen molar-refractivity contribution in [2.75, 3.05) is 6.54 Å². The largest absolute Gasteiger partial charge is 0.452 e. The number of likely N-dealkylation sites (tertiary alicyclic amines) is 1. The third-order valence-electron chi connectivity index (χ3n) is 6.10. The van der Waals surface area contributed by atoms with Crippen LogP contribution >= 0.6 is 0 Å². The summed E-state index contributed by atoms with van der Waals surface area (Å²) in [6.45, 7) is 3.89. The lowest BCUT2D eigenvalue weighted by Gasteiger charge is -2.25. The second-order valence-electron chi connectivity index (χ2n) is 8.31. The number of hydrogen-bond donors (Lipinski definition) is 1. The van der Waals surface area contributed by atoms with Gasteiger partial charge in [0.2, 0.25) is 5.91 Å². The number of nitrogens with zero attached hydrogens (tertiary/aromatic N) is 1. The van der Waals surface area contributed by atoms with E-state index in [1.807, 2.05) is 37.3 Å². The van der Waals surface area contributed by atoms with E-state index in [9.17, 15) is 14.4 Å². The molecule has 158 valence electrons. The molecule has 0 radical (unpaired) electrons. The molecule has 3 atom stereocenters. The number of nitrogens with one attached hydrogen (secondary N) is 1. The van der Waals surface area contributed by atoms with Gasteiger partial charge in [-0.05, 0) is 32.3 Å². The minimum atomic E-state index is -0.846. The van der Waals surface area contributed by atoms with Crippen molar-refractivity contribution in [3.05, 3.63) is 35.9 Å². The molecule has 1 aliphatic heterocycles. The number of amides is 2. The summed E-state index contributed by atoms with van der Waals surface area (Å²) in [5, 5.41) is 3.02. The summed E-state index contributed by atoms with van der Waals surface area (Å²) in [5.74, 6) is -1.30. The Morgan fingerprint density at radius 1 is 1.07 bits per heavy atom. The number of ether oxygens (including phenoxy) is 1. The molecule has 2 aliphatic rings. The zero-order valence-electron chi connectivity index (χ0n) is 17.4. The summed E-state index contributed by atoms with van der Waals surface area (Å²) in [5.41, 5.74) is 1.03. The Kier molecular flexibility index (Phi) is 7.29. The maximum atomic E-state index is 12.6. The maximum Gasteiger partial charge on any atom is 0.312 e. The molecule has 6 nitrogen and oxygen atoms in total. The highest BCUT2D eigenvalue weighted by molar-refractivity contribution is 5.89. The Morgan fingerprint density at radius 3 is 2.38 bits per heavy atom. The normalized spacial score (nSPS) is 22.6. The van der Waals surface area contributed by atoms with Crippen LogP contribution in [0.3, 0.4) is 0 Å². The molecule has 1 aromatic rings. The number of rotatable bonds is 6. The fourth-order valence-electron chi connectivity index (χ4n) is 4.24. The lowest BCUT2D eigenvalue weighted by Crippen LogP contribution is -2.42. The average molecular weight is 401 g/mol. The van der Waals surface area contributed by atoms with Gasteiger partial charge in [-0.15, -0.1) is 0 Å². The van der Waals surface area contributed by atoms with Gasteiger partial charge in [-0.25, -0.2) is 0 Å². The van der Waals surface area contributed by atoms with Gasteiger partial charge in [-0.1, -0.05) is 56.0 Å². The Morgan fingerprint density at radius 2 is 1.72 bits per heavy atom. The molecule has 1 saturated carbocycles. The van der Waals surface area contributed by atoms with Crippen molar-refractivity contribution in [2.24, 2.45) is 5.92 Å². The molecule has 3 rings (SSSR count). The Labute approximate surface area is 173 Å². The van der Waals surface area contributed by atoms with Crippen LogP contribution < -0.4 is 5.32 Å². The van der Waals surface area contributed by atoms with E-state index in [0.717, 1.165) is 31.2 Å². The third-order valence-corrected chi connectivity index (χ3v) is 6.10. The molecule has 1 aromatic carbocycles. The molecule has 2 amide bonds. The number of benzene rings is 1. The summed E-state index contributed by atoms with van der Waals surface area (Å²) in [6.07, 6.45) is 5.92. The summed E-state index contributed by atoms with van der Waals surface area (Å²) >= 11 is 0. The minimum absolute atomic E-state index is 0.0566. The lowest BCUT2D eigenvalue weighted by molar-refractivity contribution is -0.158. The number of hydrogen-bond acceptors (Lipinski definition) is 4. The standard InChI is InChI=1S/C23H32N2O4/c1-16(18-10-6-5-7-11-18)25-15-19(14-21(25)26)23(28)29-17(2)22(27)24-20-12-8-3-4-9-13-20/h5-7,10-11,16-17,19-20H,3-4,8-9,12-15H2,1-2H3,(H,24,27)/t16-,17-,19-/m0/s1. The fourth-order valence-corrected chi connectivity index (χ4v) is 4.24. The van der Waals surface area contributed by atoms with Gasteiger partial charge < -0.3 is 15.0 Å². The first-order valence-electron chi connectivity index (χ1n) is 10.8. The van der Waals surface area contributed by atoms with Crippen LogP contribution in [0.2, 0.25) is 0 Å². The van der Waals surface area contributed by atoms with Gasteiger partial charge in [-0.3, -0.25) is 14.4 Å². The van der Waals surface area contributed by atoms with Gasteiger partial charge in [0, 0.05) is 19.0 Å². The first-order valence-corrected chi connectivity index (χ1v) is 10.8. The van der Waals surface area contributed by atoms with Crippen molar-refractivity contribution >= 4 is 17.8 Å². The van der Waals surface area contributed by atoms with E-state index in [2.05, 4.69) is 5.32 Å². The number of esters is 1. The minimum Gasteiger partial charge on any atom is -0.452 e. The van der Waals surface area contributed by atoms with E-state index < -0.39 is 18.0 Å². The van der Waals surface area contributed by atoms with Gasteiger partial charge >= 0.3 is 5.97 Å². The van der Waals surface area contributed by atoms with Crippen molar-refractivity contribution < 1.29 is 19.1 Å². The van der Waals surface area contributed by atoms with Crippen molar-refractivity contribution in [3.8, 4) is 0 Å². The Hall–Kier alpha value is -2.37. The molecule has 0 aromatic heterocycles. The highest BCUT2D eigenvalue weighted by Gasteiger charge is 2.39. The molecule has 1 aliphatic carbocycles. The lowest BCUT2D eigenvalue weighted by atomic mass is 10.1. The second-order valence-corrected chi connectivity index (χ2v) is 8.31. The first kappa shape index (κ1) is 21.3. The molecule has 1 N–H and O–H groups in total. The zero-order chi connectivity index (χ0) is 20.8. The van der Waals surface area contributed by atoms with Gasteiger partial charge in [0.05, 0.1) is 12.0 Å². The molecule has 1 saturated heterocycles. The second kappa shape index (κ2) is 9.90. The third kappa shape index (κ3) is 5.58. The molecular weight excluding hydrogens is 368 g/mol. The molecule has 0 spiro atoms. The van der Waals surface area contributed by atoms with Crippen LogP contribution in [0.25, 0.3) is 0 Å². The summed E-state index contributed by atoms with van der Waals surface area (Å²) in [7, 11) is 0. The maximum absolute atomic E-state index is 12.6. The average Bonchev–Trinajstić information content (AvgIpc) is 2.93. The number of carbonyl (C=O) groups is 3. The van der Waals surface area contributed by atoms with E-state index in [-0.39, 0.29) is 30.3 Å². The first-order chi connectivity index (χ1) is 14.0. The Balaban J connectivity index is 1.51. The van der Waals surface area contributed by atoms with Crippen LogP contribution in [0.4, 0.5) is 0 Å². The predicted molar refractivity (Wildman–Crippen MR) is 110 cm³/mol. The number of carbonyl (C=O) groups excluding carboxylic acids is 3. The van der Waals surface area contributed by atoms with Crippen LogP contribution in [-0.4, -0.2) is 41.4 Å². The summed E-state index contributed by atoms with van der Waals surface area (Å²) in [4.78, 5) is 39.2. The predicted octanol–water partition coefficient (Wildman–Crippen LogP) is 3.37. The van der Waals surface area contributed by atoms with Crippen molar-refractivity contribution in [1.82, 2.24) is 10.2 Å². The van der Waals surface area contributed by atoms with Crippen molar-refractivity contribution in [2.45, 2.75) is 77.0 Å². The van der Waals surface area contributed by atoms with E-state index in [0.29, 0.717) is 6.54 Å². The van der Waals surface area contributed by atoms with E-state index in [1.165, 1.54) is 12.8 Å². The van der Waals surface area contributed by atoms with Crippen LogP contribution in [0, 0.1) is 5.92 Å². The Bertz CT molecular complexity index is 713. The quantitative estimate of drug-likeness (QED) is 0.587. The highest BCUT2D eigenvalue weighted by atomic mass is 16.5. The summed E-state index contributed by atoms with van der Waals surface area (Å²) in [6, 6.07) is 9.83. The topological polar surface area (TPSA) is 75.7 Å². The zero-order valence-corrected chi connectivity index (χ0v) is 17.4. The molecule has 29 heavy (non-hydrogen) atoms. The highest BCUT2D eigenvalue weighted by Crippen LogP contribution is 2.29. The van der Waals surface area contributed by atoms with Gasteiger partial charge in [0.1, 0.15) is 0 Å². The van der Waals surface area contributed by atoms with Gasteiger partial charge in [-0.2, -0.15) is 0 Å². The fraction of sp³-hybridized carbons (Fsp3) is 0.609. The van der Waals surface area contributed by atoms with Crippen LogP contribution in [0.1, 0.15) is 70.4 Å². The van der Waals surface area contributed by atoms with E-state index in [4.69, 9.17) is 4.74 Å². The molecule has 1 heterocycles. The molecular formula is C23H32N2O4.